The Labute approximate surface area is 194 Å². The van der Waals surface area contributed by atoms with E-state index in [0.717, 1.165) is 16.9 Å². The second-order valence-corrected chi connectivity index (χ2v) is 8.82. The molecule has 3 aromatic rings. The molecule has 0 aliphatic carbocycles. The van der Waals surface area contributed by atoms with E-state index in [2.05, 4.69) is 10.5 Å². The Morgan fingerprint density at radius 2 is 1.94 bits per heavy atom. The third-order valence-corrected chi connectivity index (χ3v) is 6.19. The lowest BCUT2D eigenvalue weighted by atomic mass is 10.1. The summed E-state index contributed by atoms with van der Waals surface area (Å²) in [6.07, 6.45) is 0. The summed E-state index contributed by atoms with van der Waals surface area (Å²) in [5, 5.41) is 8.13. The molecule has 0 fully saturated rings. The minimum absolute atomic E-state index is 0.0622. The van der Waals surface area contributed by atoms with E-state index in [0.29, 0.717) is 52.0 Å². The van der Waals surface area contributed by atoms with E-state index in [9.17, 15) is 4.79 Å². The Balaban J connectivity index is 1.27. The molecule has 1 aliphatic rings. The van der Waals surface area contributed by atoms with Crippen molar-refractivity contribution in [2.75, 3.05) is 19.0 Å². The molecule has 0 saturated heterocycles. The average molecular weight is 479 g/mol. The summed E-state index contributed by atoms with van der Waals surface area (Å²) in [7, 11) is 0. The van der Waals surface area contributed by atoms with Gasteiger partial charge in [-0.1, -0.05) is 34.4 Å². The maximum absolute atomic E-state index is 12.3. The number of fused-ring (bicyclic) bond motifs is 1. The first kappa shape index (κ1) is 21.9. The number of nitrogens with zero attached hydrogens (tertiary/aromatic N) is 1. The Hall–Kier alpha value is -2.35. The smallest absolute Gasteiger partial charge is 0.230 e. The summed E-state index contributed by atoms with van der Waals surface area (Å²) in [4.78, 5) is 12.3. The molecule has 1 unspecified atom stereocenters. The van der Waals surface area contributed by atoms with Gasteiger partial charge in [-0.25, -0.2) is 0 Å². The molecule has 0 saturated carbocycles. The summed E-state index contributed by atoms with van der Waals surface area (Å²) in [6.45, 7) is 3.02. The monoisotopic (exact) mass is 478 g/mol. The molecule has 9 heteroatoms. The second-order valence-electron chi connectivity index (χ2n) is 6.99. The van der Waals surface area contributed by atoms with E-state index in [-0.39, 0.29) is 11.9 Å². The molecule has 0 bridgehead atoms. The number of nitrogens with one attached hydrogen (secondary N) is 1. The van der Waals surface area contributed by atoms with Gasteiger partial charge in [0.1, 0.15) is 24.7 Å². The van der Waals surface area contributed by atoms with E-state index >= 15 is 0 Å². The molecular formula is C22H20Cl2N2O4S. The minimum atomic E-state index is -0.146. The Bertz CT molecular complexity index is 1090. The van der Waals surface area contributed by atoms with Gasteiger partial charge < -0.3 is 19.3 Å². The summed E-state index contributed by atoms with van der Waals surface area (Å²) in [6, 6.07) is 12.6. The maximum Gasteiger partial charge on any atom is 0.230 e. The van der Waals surface area contributed by atoms with Crippen LogP contribution in [-0.2, 0) is 10.5 Å². The van der Waals surface area contributed by atoms with Gasteiger partial charge in [-0.2, -0.15) is 0 Å². The van der Waals surface area contributed by atoms with Gasteiger partial charge in [0.05, 0.1) is 22.6 Å². The fourth-order valence-corrected chi connectivity index (χ4v) is 4.36. The van der Waals surface area contributed by atoms with E-state index < -0.39 is 0 Å². The first-order valence-electron chi connectivity index (χ1n) is 9.67. The zero-order valence-electron chi connectivity index (χ0n) is 16.7. The van der Waals surface area contributed by atoms with Crippen molar-refractivity contribution in [3.8, 4) is 22.8 Å². The van der Waals surface area contributed by atoms with Crippen molar-refractivity contribution in [1.29, 1.82) is 0 Å². The van der Waals surface area contributed by atoms with Gasteiger partial charge in [-0.05, 0) is 42.8 Å². The van der Waals surface area contributed by atoms with Crippen LogP contribution in [0.3, 0.4) is 0 Å². The summed E-state index contributed by atoms with van der Waals surface area (Å²) >= 11 is 13.6. The zero-order chi connectivity index (χ0) is 21.8. The van der Waals surface area contributed by atoms with Crippen LogP contribution < -0.4 is 14.8 Å². The van der Waals surface area contributed by atoms with Crippen molar-refractivity contribution in [2.45, 2.75) is 18.7 Å². The third kappa shape index (κ3) is 5.47. The van der Waals surface area contributed by atoms with Crippen LogP contribution in [0.4, 0.5) is 0 Å². The lowest BCUT2D eigenvalue weighted by Gasteiger charge is -2.21. The number of halogens is 2. The number of thioether (sulfide) groups is 1. The lowest BCUT2D eigenvalue weighted by molar-refractivity contribution is -0.119. The number of rotatable bonds is 7. The van der Waals surface area contributed by atoms with Gasteiger partial charge in [-0.15, -0.1) is 11.8 Å². The molecule has 1 aromatic heterocycles. The van der Waals surface area contributed by atoms with Crippen molar-refractivity contribution < 1.29 is 18.8 Å². The number of benzene rings is 2. The average Bonchev–Trinajstić information content (AvgIpc) is 3.22. The number of hydrogen-bond donors (Lipinski definition) is 1. The topological polar surface area (TPSA) is 73.6 Å². The van der Waals surface area contributed by atoms with Crippen LogP contribution in [0.15, 0.2) is 47.0 Å². The first-order valence-corrected chi connectivity index (χ1v) is 11.6. The van der Waals surface area contributed by atoms with Crippen molar-refractivity contribution >= 4 is 40.9 Å². The van der Waals surface area contributed by atoms with E-state index in [1.165, 1.54) is 11.8 Å². The van der Waals surface area contributed by atoms with Crippen molar-refractivity contribution in [2.24, 2.45) is 0 Å². The number of hydrogen-bond acceptors (Lipinski definition) is 6. The van der Waals surface area contributed by atoms with E-state index in [4.69, 9.17) is 37.2 Å². The lowest BCUT2D eigenvalue weighted by Crippen LogP contribution is -2.28. The summed E-state index contributed by atoms with van der Waals surface area (Å²) in [5.41, 5.74) is 2.34. The highest BCUT2D eigenvalue weighted by atomic mass is 35.5. The molecule has 31 heavy (non-hydrogen) atoms. The maximum atomic E-state index is 12.3. The third-order valence-electron chi connectivity index (χ3n) is 4.69. The largest absolute Gasteiger partial charge is 0.486 e. The van der Waals surface area contributed by atoms with Gasteiger partial charge in [0, 0.05) is 16.7 Å². The van der Waals surface area contributed by atoms with Crippen LogP contribution in [0.1, 0.15) is 24.3 Å². The van der Waals surface area contributed by atoms with Crippen LogP contribution in [-0.4, -0.2) is 30.0 Å². The molecule has 162 valence electrons. The van der Waals surface area contributed by atoms with Gasteiger partial charge >= 0.3 is 0 Å². The molecule has 1 amide bonds. The van der Waals surface area contributed by atoms with Crippen molar-refractivity contribution in [1.82, 2.24) is 10.5 Å². The predicted molar refractivity (Wildman–Crippen MR) is 122 cm³/mol. The fourth-order valence-electron chi connectivity index (χ4n) is 3.15. The van der Waals surface area contributed by atoms with Gasteiger partial charge in [0.15, 0.2) is 11.5 Å². The molecule has 1 aliphatic heterocycles. The Morgan fingerprint density at radius 1 is 1.13 bits per heavy atom. The number of amides is 1. The molecule has 0 spiro atoms. The first-order chi connectivity index (χ1) is 15.0. The number of carbonyl (C=O) groups excluding carboxylic acids is 1. The molecule has 4 rings (SSSR count). The molecule has 2 heterocycles. The van der Waals surface area contributed by atoms with E-state index in [1.54, 1.807) is 18.2 Å². The highest BCUT2D eigenvalue weighted by Gasteiger charge is 2.16. The standard InChI is InChI=1S/C22H20Cl2N2O4S/c1-13(14-2-5-20-21(8-14)29-7-6-28-20)25-22(27)12-31-11-16-10-19(26-30-16)17-4-3-15(23)9-18(17)24/h2-5,8-10,13H,6-7,11-12H2,1H3,(H,25,27). The summed E-state index contributed by atoms with van der Waals surface area (Å²) < 4.78 is 16.5. The highest BCUT2D eigenvalue weighted by molar-refractivity contribution is 7.99. The minimum Gasteiger partial charge on any atom is -0.486 e. The molecule has 1 atom stereocenters. The molecular weight excluding hydrogens is 459 g/mol. The normalized spacial score (nSPS) is 13.6. The van der Waals surface area contributed by atoms with Crippen molar-refractivity contribution in [3.05, 3.63) is 63.8 Å². The summed E-state index contributed by atoms with van der Waals surface area (Å²) in [5.74, 6) is 2.86. The van der Waals surface area contributed by atoms with Crippen LogP contribution in [0.25, 0.3) is 11.3 Å². The van der Waals surface area contributed by atoms with Crippen LogP contribution in [0.5, 0.6) is 11.5 Å². The number of ether oxygens (including phenoxy) is 2. The van der Waals surface area contributed by atoms with Crippen LogP contribution in [0, 0.1) is 0 Å². The molecule has 6 nitrogen and oxygen atoms in total. The van der Waals surface area contributed by atoms with E-state index in [1.807, 2.05) is 31.2 Å². The molecule has 2 aromatic carbocycles. The number of aromatic nitrogens is 1. The quantitative estimate of drug-likeness (QED) is 0.481. The highest BCUT2D eigenvalue weighted by Crippen LogP contribution is 2.33. The van der Waals surface area contributed by atoms with Gasteiger partial charge in [-0.3, -0.25) is 4.79 Å². The zero-order valence-corrected chi connectivity index (χ0v) is 19.0. The Morgan fingerprint density at radius 3 is 2.74 bits per heavy atom. The fraction of sp³-hybridized carbons (Fsp3) is 0.273. The molecule has 0 radical (unpaired) electrons. The van der Waals surface area contributed by atoms with Crippen LogP contribution >= 0.6 is 35.0 Å². The van der Waals surface area contributed by atoms with Crippen LogP contribution in [0.2, 0.25) is 10.0 Å². The van der Waals surface area contributed by atoms with Crippen molar-refractivity contribution in [3.63, 3.8) is 0 Å². The number of carbonyl (C=O) groups is 1. The Kier molecular flexibility index (Phi) is 6.95. The van der Waals surface area contributed by atoms with Gasteiger partial charge in [0.25, 0.3) is 0 Å². The van der Waals surface area contributed by atoms with Gasteiger partial charge in [0.2, 0.25) is 5.91 Å². The second kappa shape index (κ2) is 9.85. The molecule has 1 N–H and O–H groups in total. The predicted octanol–water partition coefficient (Wildman–Crippen LogP) is 5.53. The SMILES string of the molecule is CC(NC(=O)CSCc1cc(-c2ccc(Cl)cc2Cl)no1)c1ccc2c(c1)OCCO2.